The van der Waals surface area contributed by atoms with Gasteiger partial charge in [-0.2, -0.15) is 0 Å². The Bertz CT molecular complexity index is 1090. The average molecular weight is 412 g/mol. The molecule has 0 aliphatic heterocycles. The van der Waals surface area contributed by atoms with Crippen molar-refractivity contribution in [3.8, 4) is 0 Å². The molecule has 3 aromatic rings. The molecule has 3 aromatic carbocycles. The Labute approximate surface area is 169 Å². The minimum absolute atomic E-state index is 0.0954. The molecule has 0 spiro atoms. The Balaban J connectivity index is 1.92. The van der Waals surface area contributed by atoms with Crippen LogP contribution in [0.1, 0.15) is 11.1 Å². The summed E-state index contributed by atoms with van der Waals surface area (Å²) in [7, 11) is -4.07. The summed E-state index contributed by atoms with van der Waals surface area (Å²) in [5.41, 5.74) is 2.91. The molecule has 29 heavy (non-hydrogen) atoms. The zero-order valence-corrected chi connectivity index (χ0v) is 16.9. The van der Waals surface area contributed by atoms with E-state index in [9.17, 15) is 17.6 Å². The van der Waals surface area contributed by atoms with Gasteiger partial charge in [-0.1, -0.05) is 24.3 Å². The Kier molecular flexibility index (Phi) is 5.98. The van der Waals surface area contributed by atoms with Crippen LogP contribution in [0.25, 0.3) is 0 Å². The number of carbonyl (C=O) groups is 1. The second-order valence-electron chi connectivity index (χ2n) is 6.73. The fourth-order valence-electron chi connectivity index (χ4n) is 3.02. The smallest absolute Gasteiger partial charge is 0.264 e. The number of para-hydroxylation sites is 1. The molecule has 7 heteroatoms. The van der Waals surface area contributed by atoms with E-state index in [2.05, 4.69) is 5.32 Å². The van der Waals surface area contributed by atoms with Crippen molar-refractivity contribution in [1.82, 2.24) is 0 Å². The van der Waals surface area contributed by atoms with Gasteiger partial charge < -0.3 is 5.32 Å². The standard InChI is InChI=1S/C22H21FN2O3S/c1-16-12-17(2)14-19(13-16)24-22(26)15-25(20-6-4-3-5-7-20)29(27,28)21-10-8-18(23)9-11-21/h3-14H,15H2,1-2H3,(H,24,26). The fraction of sp³-hybridized carbons (Fsp3) is 0.136. The molecule has 1 N–H and O–H groups in total. The third kappa shape index (κ3) is 5.00. The molecule has 150 valence electrons. The monoisotopic (exact) mass is 412 g/mol. The van der Waals surface area contributed by atoms with Gasteiger partial charge in [0.15, 0.2) is 0 Å². The number of amides is 1. The SMILES string of the molecule is Cc1cc(C)cc(NC(=O)CN(c2ccccc2)S(=O)(=O)c2ccc(F)cc2)c1. The number of anilines is 2. The second-order valence-corrected chi connectivity index (χ2v) is 8.59. The molecule has 0 fully saturated rings. The molecular weight excluding hydrogens is 391 g/mol. The lowest BCUT2D eigenvalue weighted by atomic mass is 10.1. The van der Waals surface area contributed by atoms with E-state index in [0.717, 1.165) is 27.6 Å². The lowest BCUT2D eigenvalue weighted by Crippen LogP contribution is -2.38. The molecule has 0 unspecified atom stereocenters. The van der Waals surface area contributed by atoms with Crippen molar-refractivity contribution in [2.75, 3.05) is 16.2 Å². The van der Waals surface area contributed by atoms with Crippen molar-refractivity contribution < 1.29 is 17.6 Å². The van der Waals surface area contributed by atoms with E-state index in [1.807, 2.05) is 32.0 Å². The summed E-state index contributed by atoms with van der Waals surface area (Å²) in [4.78, 5) is 12.6. The lowest BCUT2D eigenvalue weighted by Gasteiger charge is -2.24. The molecular formula is C22H21FN2O3S. The topological polar surface area (TPSA) is 66.5 Å². The highest BCUT2D eigenvalue weighted by molar-refractivity contribution is 7.92. The largest absolute Gasteiger partial charge is 0.324 e. The van der Waals surface area contributed by atoms with Crippen molar-refractivity contribution in [3.05, 3.63) is 89.7 Å². The van der Waals surface area contributed by atoms with Crippen LogP contribution in [0.4, 0.5) is 15.8 Å². The third-order valence-electron chi connectivity index (χ3n) is 4.24. The second kappa shape index (κ2) is 8.45. The normalized spacial score (nSPS) is 11.1. The predicted octanol–water partition coefficient (Wildman–Crippen LogP) is 4.28. The summed E-state index contributed by atoms with van der Waals surface area (Å²) in [5, 5.41) is 2.75. The van der Waals surface area contributed by atoms with E-state index in [-0.39, 0.29) is 4.90 Å². The first-order valence-electron chi connectivity index (χ1n) is 8.97. The van der Waals surface area contributed by atoms with Gasteiger partial charge in [0.05, 0.1) is 10.6 Å². The number of hydrogen-bond donors (Lipinski definition) is 1. The van der Waals surface area contributed by atoms with Gasteiger partial charge in [-0.25, -0.2) is 12.8 Å². The molecule has 0 aliphatic rings. The summed E-state index contributed by atoms with van der Waals surface area (Å²) in [6.07, 6.45) is 0. The number of nitrogens with zero attached hydrogens (tertiary/aromatic N) is 1. The van der Waals surface area contributed by atoms with Gasteiger partial charge in [0, 0.05) is 5.69 Å². The highest BCUT2D eigenvalue weighted by Gasteiger charge is 2.27. The minimum atomic E-state index is -4.07. The highest BCUT2D eigenvalue weighted by Crippen LogP contribution is 2.24. The van der Waals surface area contributed by atoms with Crippen molar-refractivity contribution in [1.29, 1.82) is 0 Å². The Morgan fingerprint density at radius 2 is 1.52 bits per heavy atom. The predicted molar refractivity (Wildman–Crippen MR) is 112 cm³/mol. The Morgan fingerprint density at radius 3 is 2.10 bits per heavy atom. The van der Waals surface area contributed by atoms with E-state index < -0.39 is 28.3 Å². The number of rotatable bonds is 6. The number of carbonyl (C=O) groups excluding carboxylic acids is 1. The van der Waals surface area contributed by atoms with Crippen molar-refractivity contribution in [2.24, 2.45) is 0 Å². The van der Waals surface area contributed by atoms with Crippen LogP contribution in [-0.2, 0) is 14.8 Å². The van der Waals surface area contributed by atoms with E-state index in [1.165, 1.54) is 12.1 Å². The lowest BCUT2D eigenvalue weighted by molar-refractivity contribution is -0.114. The van der Waals surface area contributed by atoms with Crippen LogP contribution in [0.2, 0.25) is 0 Å². The van der Waals surface area contributed by atoms with E-state index in [1.54, 1.807) is 30.3 Å². The third-order valence-corrected chi connectivity index (χ3v) is 6.03. The van der Waals surface area contributed by atoms with Gasteiger partial charge >= 0.3 is 0 Å². The summed E-state index contributed by atoms with van der Waals surface area (Å²) in [6.45, 7) is 3.41. The van der Waals surface area contributed by atoms with Crippen LogP contribution in [0.5, 0.6) is 0 Å². The molecule has 1 amide bonds. The van der Waals surface area contributed by atoms with Crippen molar-refractivity contribution in [2.45, 2.75) is 18.7 Å². The quantitative estimate of drug-likeness (QED) is 0.657. The maximum absolute atomic E-state index is 13.2. The van der Waals surface area contributed by atoms with Crippen LogP contribution in [0.15, 0.2) is 77.7 Å². The van der Waals surface area contributed by atoms with E-state index >= 15 is 0 Å². The molecule has 0 saturated heterocycles. The minimum Gasteiger partial charge on any atom is -0.324 e. The Hall–Kier alpha value is -3.19. The first-order chi connectivity index (χ1) is 13.8. The van der Waals surface area contributed by atoms with Gasteiger partial charge in [-0.3, -0.25) is 9.10 Å². The number of benzene rings is 3. The van der Waals surface area contributed by atoms with Crippen molar-refractivity contribution in [3.63, 3.8) is 0 Å². The van der Waals surface area contributed by atoms with Gasteiger partial charge in [-0.05, 0) is 73.5 Å². The number of hydrogen-bond acceptors (Lipinski definition) is 3. The molecule has 5 nitrogen and oxygen atoms in total. The van der Waals surface area contributed by atoms with Crippen molar-refractivity contribution >= 4 is 27.3 Å². The first-order valence-corrected chi connectivity index (χ1v) is 10.4. The van der Waals surface area contributed by atoms with Gasteiger partial charge in [-0.15, -0.1) is 0 Å². The molecule has 0 radical (unpaired) electrons. The maximum Gasteiger partial charge on any atom is 0.264 e. The zero-order chi connectivity index (χ0) is 21.0. The van der Waals surface area contributed by atoms with Gasteiger partial charge in [0.25, 0.3) is 10.0 Å². The highest BCUT2D eigenvalue weighted by atomic mass is 32.2. The number of aryl methyl sites for hydroxylation is 2. The molecule has 0 bridgehead atoms. The number of nitrogens with one attached hydrogen (secondary N) is 1. The van der Waals surface area contributed by atoms with Crippen LogP contribution >= 0.6 is 0 Å². The van der Waals surface area contributed by atoms with Crippen LogP contribution in [-0.4, -0.2) is 20.9 Å². The first kappa shape index (κ1) is 20.5. The van der Waals surface area contributed by atoms with E-state index in [4.69, 9.17) is 0 Å². The zero-order valence-electron chi connectivity index (χ0n) is 16.1. The summed E-state index contributed by atoms with van der Waals surface area (Å²) in [6, 6.07) is 18.4. The summed E-state index contributed by atoms with van der Waals surface area (Å²) in [5.74, 6) is -1.02. The van der Waals surface area contributed by atoms with Crippen LogP contribution in [0, 0.1) is 19.7 Å². The summed E-state index contributed by atoms with van der Waals surface area (Å²) < 4.78 is 40.6. The van der Waals surface area contributed by atoms with Crippen LogP contribution in [0.3, 0.4) is 0 Å². The van der Waals surface area contributed by atoms with Gasteiger partial charge in [0.1, 0.15) is 12.4 Å². The fourth-order valence-corrected chi connectivity index (χ4v) is 4.44. The maximum atomic E-state index is 13.2. The molecule has 0 atom stereocenters. The molecule has 3 rings (SSSR count). The molecule has 0 saturated carbocycles. The number of sulfonamides is 1. The van der Waals surface area contributed by atoms with E-state index in [0.29, 0.717) is 11.4 Å². The Morgan fingerprint density at radius 1 is 0.931 bits per heavy atom. The molecule has 0 heterocycles. The molecule has 0 aliphatic carbocycles. The number of halogens is 1. The average Bonchev–Trinajstić information content (AvgIpc) is 2.66. The molecule has 0 aromatic heterocycles. The summed E-state index contributed by atoms with van der Waals surface area (Å²) >= 11 is 0. The van der Waals surface area contributed by atoms with Gasteiger partial charge in [0.2, 0.25) is 5.91 Å². The van der Waals surface area contributed by atoms with Crippen LogP contribution < -0.4 is 9.62 Å².